The number of likely N-dealkylation sites (N-methyl/N-ethyl adjacent to an activating group) is 1. The topological polar surface area (TPSA) is 64.3 Å². The van der Waals surface area contributed by atoms with E-state index in [0.717, 1.165) is 31.8 Å². The molecule has 1 amide bonds. The average Bonchev–Trinajstić information content (AvgIpc) is 2.20. The van der Waals surface area contributed by atoms with Crippen LogP contribution in [0.4, 0.5) is 0 Å². The van der Waals surface area contributed by atoms with E-state index >= 15 is 0 Å². The van der Waals surface area contributed by atoms with Gasteiger partial charge in [-0.15, -0.1) is 0 Å². The number of amides is 1. The molecule has 1 aliphatic rings. The molecule has 3 N–H and O–H groups in total. The summed E-state index contributed by atoms with van der Waals surface area (Å²) >= 11 is 1.82. The van der Waals surface area contributed by atoms with Crippen molar-refractivity contribution in [2.24, 2.45) is 5.73 Å². The average molecular weight is 218 g/mol. The monoisotopic (exact) mass is 218 g/mol. The maximum Gasteiger partial charge on any atom is 0.235 e. The summed E-state index contributed by atoms with van der Waals surface area (Å²) in [4.78, 5) is 10.9. The van der Waals surface area contributed by atoms with Crippen LogP contribution in [0, 0.1) is 0 Å². The second kappa shape index (κ2) is 6.27. The van der Waals surface area contributed by atoms with Crippen LogP contribution >= 0.6 is 11.8 Å². The number of hydrogen-bond acceptors (Lipinski definition) is 4. The maximum absolute atomic E-state index is 10.9. The lowest BCUT2D eigenvalue weighted by Crippen LogP contribution is -2.41. The summed E-state index contributed by atoms with van der Waals surface area (Å²) in [6.45, 7) is 1.69. The number of nitrogens with one attached hydrogen (secondary N) is 1. The van der Waals surface area contributed by atoms with Crippen LogP contribution in [-0.4, -0.2) is 43.2 Å². The Kier molecular flexibility index (Phi) is 5.29. The van der Waals surface area contributed by atoms with Crippen molar-refractivity contribution in [1.29, 1.82) is 0 Å². The van der Waals surface area contributed by atoms with E-state index in [1.165, 1.54) is 0 Å². The first-order chi connectivity index (χ1) is 6.74. The van der Waals surface area contributed by atoms with Crippen molar-refractivity contribution in [1.82, 2.24) is 5.32 Å². The van der Waals surface area contributed by atoms with Crippen molar-refractivity contribution in [2.45, 2.75) is 24.1 Å². The molecule has 0 aromatic heterocycles. The zero-order valence-electron chi connectivity index (χ0n) is 8.49. The van der Waals surface area contributed by atoms with E-state index in [1.807, 2.05) is 11.8 Å². The number of hydrogen-bond donors (Lipinski definition) is 2. The number of ether oxygens (including phenoxy) is 1. The molecule has 0 radical (unpaired) electrons. The van der Waals surface area contributed by atoms with Gasteiger partial charge >= 0.3 is 0 Å². The minimum atomic E-state index is -0.271. The van der Waals surface area contributed by atoms with Gasteiger partial charge in [-0.2, -0.15) is 11.8 Å². The second-order valence-corrected chi connectivity index (χ2v) is 4.72. The molecule has 0 aromatic rings. The van der Waals surface area contributed by atoms with Gasteiger partial charge in [0, 0.05) is 24.2 Å². The molecular weight excluding hydrogens is 200 g/mol. The fourth-order valence-electron chi connectivity index (χ4n) is 1.38. The molecule has 1 saturated heterocycles. The Hall–Kier alpha value is -0.260. The van der Waals surface area contributed by atoms with Gasteiger partial charge in [0.1, 0.15) is 0 Å². The van der Waals surface area contributed by atoms with Crippen LogP contribution in [0.15, 0.2) is 0 Å². The Morgan fingerprint density at radius 1 is 1.64 bits per heavy atom. The highest BCUT2D eigenvalue weighted by Crippen LogP contribution is 2.22. The molecule has 0 aromatic carbocycles. The zero-order chi connectivity index (χ0) is 10.4. The van der Waals surface area contributed by atoms with Gasteiger partial charge in [0.15, 0.2) is 0 Å². The molecule has 0 aliphatic carbocycles. The van der Waals surface area contributed by atoms with Crippen molar-refractivity contribution in [2.75, 3.05) is 26.0 Å². The van der Waals surface area contributed by atoms with Crippen LogP contribution in [0.2, 0.25) is 0 Å². The minimum absolute atomic E-state index is 0.206. The number of carbonyl (C=O) groups is 1. The van der Waals surface area contributed by atoms with E-state index in [2.05, 4.69) is 5.32 Å². The summed E-state index contributed by atoms with van der Waals surface area (Å²) in [5.41, 5.74) is 5.22. The van der Waals surface area contributed by atoms with Gasteiger partial charge in [0.05, 0.1) is 6.04 Å². The largest absolute Gasteiger partial charge is 0.381 e. The molecule has 0 spiro atoms. The number of nitrogens with two attached hydrogens (primary N) is 1. The van der Waals surface area contributed by atoms with Crippen LogP contribution in [0.1, 0.15) is 12.8 Å². The molecule has 4 nitrogen and oxygen atoms in total. The smallest absolute Gasteiger partial charge is 0.235 e. The number of carbonyl (C=O) groups excluding carboxylic acids is 1. The second-order valence-electron chi connectivity index (χ2n) is 3.39. The van der Waals surface area contributed by atoms with Crippen molar-refractivity contribution in [3.8, 4) is 0 Å². The molecule has 0 saturated carbocycles. The molecule has 1 unspecified atom stereocenters. The Morgan fingerprint density at radius 3 is 2.79 bits per heavy atom. The van der Waals surface area contributed by atoms with Crippen LogP contribution in [-0.2, 0) is 9.53 Å². The Morgan fingerprint density at radius 2 is 2.29 bits per heavy atom. The summed E-state index contributed by atoms with van der Waals surface area (Å²) < 4.78 is 5.26. The lowest BCUT2D eigenvalue weighted by atomic mass is 10.2. The SMILES string of the molecule is CNC(CSC1CCOCC1)C(N)=O. The van der Waals surface area contributed by atoms with Crippen molar-refractivity contribution in [3.05, 3.63) is 0 Å². The quantitative estimate of drug-likeness (QED) is 0.680. The molecule has 1 heterocycles. The normalized spacial score (nSPS) is 20.6. The highest BCUT2D eigenvalue weighted by atomic mass is 32.2. The standard InChI is InChI=1S/C9H18N2O2S/c1-11-8(9(10)12)6-14-7-2-4-13-5-3-7/h7-8,11H,2-6H2,1H3,(H2,10,12). The van der Waals surface area contributed by atoms with Gasteiger partial charge in [0.2, 0.25) is 5.91 Å². The minimum Gasteiger partial charge on any atom is -0.381 e. The molecule has 1 atom stereocenters. The number of thioether (sulfide) groups is 1. The third-order valence-electron chi connectivity index (χ3n) is 2.36. The van der Waals surface area contributed by atoms with Gasteiger partial charge in [-0.3, -0.25) is 4.79 Å². The predicted molar refractivity (Wildman–Crippen MR) is 58.3 cm³/mol. The summed E-state index contributed by atoms with van der Waals surface area (Å²) in [6, 6.07) is -0.206. The third-order valence-corrected chi connectivity index (χ3v) is 3.83. The van der Waals surface area contributed by atoms with Gasteiger partial charge in [-0.05, 0) is 19.9 Å². The zero-order valence-corrected chi connectivity index (χ0v) is 9.31. The molecular formula is C9H18N2O2S. The van der Waals surface area contributed by atoms with E-state index in [4.69, 9.17) is 10.5 Å². The van der Waals surface area contributed by atoms with E-state index in [0.29, 0.717) is 5.25 Å². The summed E-state index contributed by atoms with van der Waals surface area (Å²) in [6.07, 6.45) is 2.17. The molecule has 82 valence electrons. The van der Waals surface area contributed by atoms with Gasteiger partial charge in [-0.1, -0.05) is 0 Å². The molecule has 0 bridgehead atoms. The van der Waals surface area contributed by atoms with E-state index in [9.17, 15) is 4.79 Å². The Balaban J connectivity index is 2.20. The molecule has 14 heavy (non-hydrogen) atoms. The predicted octanol–water partition coefficient (Wildman–Crippen LogP) is -0.0281. The Labute approximate surface area is 88.9 Å². The number of primary amides is 1. The molecule has 1 rings (SSSR count). The van der Waals surface area contributed by atoms with Crippen LogP contribution in [0.3, 0.4) is 0 Å². The van der Waals surface area contributed by atoms with Crippen LogP contribution in [0.25, 0.3) is 0 Å². The van der Waals surface area contributed by atoms with Gasteiger partial charge in [0.25, 0.3) is 0 Å². The summed E-state index contributed by atoms with van der Waals surface area (Å²) in [7, 11) is 1.76. The third kappa shape index (κ3) is 3.86. The van der Waals surface area contributed by atoms with Crippen molar-refractivity contribution in [3.63, 3.8) is 0 Å². The summed E-state index contributed by atoms with van der Waals surface area (Å²) in [5.74, 6) is 0.489. The first-order valence-electron chi connectivity index (χ1n) is 4.90. The molecule has 5 heteroatoms. The lowest BCUT2D eigenvalue weighted by molar-refractivity contribution is -0.119. The first-order valence-corrected chi connectivity index (χ1v) is 5.95. The van der Waals surface area contributed by atoms with Crippen LogP contribution < -0.4 is 11.1 Å². The Bertz CT molecular complexity index is 184. The lowest BCUT2D eigenvalue weighted by Gasteiger charge is -2.23. The van der Waals surface area contributed by atoms with Crippen molar-refractivity contribution >= 4 is 17.7 Å². The molecule has 1 fully saturated rings. The van der Waals surface area contributed by atoms with E-state index < -0.39 is 0 Å². The van der Waals surface area contributed by atoms with E-state index in [-0.39, 0.29) is 11.9 Å². The highest BCUT2D eigenvalue weighted by molar-refractivity contribution is 7.99. The van der Waals surface area contributed by atoms with Crippen molar-refractivity contribution < 1.29 is 9.53 Å². The first kappa shape index (κ1) is 11.8. The van der Waals surface area contributed by atoms with Crippen LogP contribution in [0.5, 0.6) is 0 Å². The fourth-order valence-corrected chi connectivity index (χ4v) is 2.70. The number of rotatable bonds is 5. The summed E-state index contributed by atoms with van der Waals surface area (Å²) in [5, 5.41) is 3.54. The molecule has 1 aliphatic heterocycles. The highest BCUT2D eigenvalue weighted by Gasteiger charge is 2.18. The van der Waals surface area contributed by atoms with E-state index in [1.54, 1.807) is 7.05 Å². The fraction of sp³-hybridized carbons (Fsp3) is 0.889. The maximum atomic E-state index is 10.9. The van der Waals surface area contributed by atoms with Gasteiger partial charge in [-0.25, -0.2) is 0 Å². The van der Waals surface area contributed by atoms with Gasteiger partial charge < -0.3 is 15.8 Å².